The standard InChI is InChI=1S/C30H35N5O2/c1-19-14-24(21-2-4-22(5-3-21)25-15-31-32-16-25)8-9-26(19)27-33-30(11-12-30)29(37)35(27)18-20-10-13-34(17-20)28(36)23-6-7-23/h2,4,8-9,14-16,20,23,27,33H,3,5-7,10-13,17-18H2,1H3,(H,31,32)/t20-,27?/m1/s1. The number of carbonyl (C=O) groups excluding carboxylic acids is 2. The van der Waals surface area contributed by atoms with Gasteiger partial charge >= 0.3 is 0 Å². The highest BCUT2D eigenvalue weighted by atomic mass is 16.2. The van der Waals surface area contributed by atoms with Gasteiger partial charge in [-0.05, 0) is 85.6 Å². The monoisotopic (exact) mass is 497 g/mol. The van der Waals surface area contributed by atoms with Gasteiger partial charge in [0.1, 0.15) is 11.7 Å². The van der Waals surface area contributed by atoms with Gasteiger partial charge in [0.15, 0.2) is 0 Å². The van der Waals surface area contributed by atoms with Crippen molar-refractivity contribution in [1.82, 2.24) is 25.3 Å². The molecule has 4 fully saturated rings. The summed E-state index contributed by atoms with van der Waals surface area (Å²) in [4.78, 5) is 30.2. The number of H-pyrrole nitrogens is 1. The molecule has 5 aliphatic rings. The van der Waals surface area contributed by atoms with E-state index < -0.39 is 0 Å². The SMILES string of the molecule is Cc1cc(C2=CC=C(c3cn[nH]c3)CC2)ccc1C1NC2(CC2)C(=O)N1C[C@@H]1CCN(C(=O)C2CC2)C1. The number of aromatic amines is 1. The van der Waals surface area contributed by atoms with Crippen molar-refractivity contribution in [3.8, 4) is 0 Å². The second-order valence-corrected chi connectivity index (χ2v) is 11.7. The first kappa shape index (κ1) is 23.0. The third kappa shape index (κ3) is 4.13. The molecule has 1 aromatic carbocycles. The van der Waals surface area contributed by atoms with Gasteiger partial charge in [0.05, 0.1) is 6.20 Å². The Morgan fingerprint density at radius 2 is 1.89 bits per heavy atom. The molecule has 3 heterocycles. The first-order valence-corrected chi connectivity index (χ1v) is 13.9. The Labute approximate surface area is 218 Å². The summed E-state index contributed by atoms with van der Waals surface area (Å²) in [6.07, 6.45) is 15.1. The predicted octanol–water partition coefficient (Wildman–Crippen LogP) is 4.20. The molecule has 1 spiro atoms. The lowest BCUT2D eigenvalue weighted by Gasteiger charge is -2.29. The van der Waals surface area contributed by atoms with Crippen LogP contribution in [-0.4, -0.2) is 57.0 Å². The van der Waals surface area contributed by atoms with Crippen LogP contribution in [0.5, 0.6) is 0 Å². The van der Waals surface area contributed by atoms with E-state index in [0.29, 0.717) is 11.8 Å². The van der Waals surface area contributed by atoms with E-state index in [1.54, 1.807) is 0 Å². The average molecular weight is 498 g/mol. The highest BCUT2D eigenvalue weighted by molar-refractivity contribution is 5.92. The fourth-order valence-corrected chi connectivity index (χ4v) is 6.49. The second-order valence-electron chi connectivity index (χ2n) is 11.7. The Bertz CT molecular complexity index is 1300. The number of allylic oxidation sites excluding steroid dienone is 4. The summed E-state index contributed by atoms with van der Waals surface area (Å²) in [6.45, 7) is 4.52. The van der Waals surface area contributed by atoms with Crippen LogP contribution in [0.25, 0.3) is 11.1 Å². The molecule has 3 aliphatic carbocycles. The molecule has 37 heavy (non-hydrogen) atoms. The number of aryl methyl sites for hydroxylation is 1. The molecule has 2 aromatic rings. The highest BCUT2D eigenvalue weighted by Gasteiger charge is 2.59. The number of nitrogens with one attached hydrogen (secondary N) is 2. The van der Waals surface area contributed by atoms with Crippen LogP contribution in [0.3, 0.4) is 0 Å². The maximum Gasteiger partial charge on any atom is 0.244 e. The number of hydrogen-bond donors (Lipinski definition) is 2. The summed E-state index contributed by atoms with van der Waals surface area (Å²) >= 11 is 0. The number of hydrogen-bond acceptors (Lipinski definition) is 4. The van der Waals surface area contributed by atoms with E-state index in [1.165, 1.54) is 27.8 Å². The van der Waals surface area contributed by atoms with Gasteiger partial charge in [-0.25, -0.2) is 0 Å². The molecule has 7 heteroatoms. The fraction of sp³-hybridized carbons (Fsp3) is 0.500. The molecule has 2 atom stereocenters. The molecule has 1 aromatic heterocycles. The zero-order chi connectivity index (χ0) is 25.1. The summed E-state index contributed by atoms with van der Waals surface area (Å²) < 4.78 is 0. The Hall–Kier alpha value is -3.19. The van der Waals surface area contributed by atoms with E-state index in [9.17, 15) is 9.59 Å². The molecular weight excluding hydrogens is 462 g/mol. The summed E-state index contributed by atoms with van der Waals surface area (Å²) in [6, 6.07) is 6.72. The number of likely N-dealkylation sites (tertiary alicyclic amines) is 1. The van der Waals surface area contributed by atoms with Crippen molar-refractivity contribution < 1.29 is 9.59 Å². The molecule has 1 unspecified atom stereocenters. The first-order chi connectivity index (χ1) is 18.0. The average Bonchev–Trinajstić information content (AvgIpc) is 3.77. The zero-order valence-electron chi connectivity index (χ0n) is 21.5. The van der Waals surface area contributed by atoms with Crippen LogP contribution in [0.4, 0.5) is 0 Å². The number of carbonyl (C=O) groups is 2. The van der Waals surface area contributed by atoms with E-state index in [1.807, 2.05) is 17.3 Å². The van der Waals surface area contributed by atoms with Crippen LogP contribution in [0.15, 0.2) is 42.7 Å². The van der Waals surface area contributed by atoms with E-state index in [2.05, 4.69) is 57.7 Å². The summed E-state index contributed by atoms with van der Waals surface area (Å²) in [5.41, 5.74) is 7.12. The maximum atomic E-state index is 13.5. The van der Waals surface area contributed by atoms with Crippen molar-refractivity contribution in [3.05, 3.63) is 65.0 Å². The van der Waals surface area contributed by atoms with Crippen molar-refractivity contribution in [3.63, 3.8) is 0 Å². The van der Waals surface area contributed by atoms with Gasteiger partial charge < -0.3 is 9.80 Å². The van der Waals surface area contributed by atoms with Gasteiger partial charge in [-0.2, -0.15) is 5.10 Å². The van der Waals surface area contributed by atoms with Crippen LogP contribution in [0, 0.1) is 18.8 Å². The van der Waals surface area contributed by atoms with Crippen molar-refractivity contribution in [2.45, 2.75) is 63.6 Å². The Morgan fingerprint density at radius 3 is 2.54 bits per heavy atom. The maximum absolute atomic E-state index is 13.5. The lowest BCUT2D eigenvalue weighted by Crippen LogP contribution is -2.37. The zero-order valence-corrected chi connectivity index (χ0v) is 21.5. The molecule has 2 N–H and O–H groups in total. The Kier molecular flexibility index (Phi) is 5.39. The summed E-state index contributed by atoms with van der Waals surface area (Å²) in [7, 11) is 0. The molecule has 7 rings (SSSR count). The molecule has 2 amide bonds. The van der Waals surface area contributed by atoms with E-state index in [-0.39, 0.29) is 23.5 Å². The van der Waals surface area contributed by atoms with Gasteiger partial charge in [0, 0.05) is 37.3 Å². The van der Waals surface area contributed by atoms with Gasteiger partial charge in [-0.1, -0.05) is 30.4 Å². The van der Waals surface area contributed by atoms with Crippen molar-refractivity contribution in [1.29, 1.82) is 0 Å². The normalized spacial score (nSPS) is 26.6. The third-order valence-corrected chi connectivity index (χ3v) is 9.08. The van der Waals surface area contributed by atoms with Gasteiger partial charge in [0.25, 0.3) is 0 Å². The quantitative estimate of drug-likeness (QED) is 0.627. The third-order valence-electron chi connectivity index (χ3n) is 9.08. The summed E-state index contributed by atoms with van der Waals surface area (Å²) in [5, 5.41) is 10.7. The minimum Gasteiger partial charge on any atom is -0.342 e. The number of aromatic nitrogens is 2. The van der Waals surface area contributed by atoms with E-state index >= 15 is 0 Å². The van der Waals surface area contributed by atoms with Crippen LogP contribution < -0.4 is 5.32 Å². The summed E-state index contributed by atoms with van der Waals surface area (Å²) in [5.74, 6) is 1.20. The molecule has 7 nitrogen and oxygen atoms in total. The van der Waals surface area contributed by atoms with Crippen molar-refractivity contribution in [2.24, 2.45) is 11.8 Å². The van der Waals surface area contributed by atoms with E-state index in [4.69, 9.17) is 0 Å². The highest BCUT2D eigenvalue weighted by Crippen LogP contribution is 2.47. The second kappa shape index (κ2) is 8.69. The lowest BCUT2D eigenvalue weighted by molar-refractivity contribution is -0.131. The number of nitrogens with zero attached hydrogens (tertiary/aromatic N) is 3. The lowest BCUT2D eigenvalue weighted by atomic mass is 9.89. The van der Waals surface area contributed by atoms with Crippen molar-refractivity contribution in [2.75, 3.05) is 19.6 Å². The van der Waals surface area contributed by atoms with Crippen LogP contribution in [0.1, 0.15) is 73.4 Å². The fourth-order valence-electron chi connectivity index (χ4n) is 6.49. The molecule has 2 aliphatic heterocycles. The largest absolute Gasteiger partial charge is 0.342 e. The Balaban J connectivity index is 1.09. The van der Waals surface area contributed by atoms with Gasteiger partial charge in [-0.3, -0.25) is 20.0 Å². The number of rotatable bonds is 6. The topological polar surface area (TPSA) is 81.3 Å². The molecule has 2 saturated heterocycles. The van der Waals surface area contributed by atoms with Crippen LogP contribution in [-0.2, 0) is 9.59 Å². The number of benzene rings is 1. The molecule has 0 bridgehead atoms. The van der Waals surface area contributed by atoms with E-state index in [0.717, 1.165) is 70.1 Å². The van der Waals surface area contributed by atoms with Crippen LogP contribution >= 0.6 is 0 Å². The minimum atomic E-state index is -0.363. The predicted molar refractivity (Wildman–Crippen MR) is 142 cm³/mol. The molecule has 192 valence electrons. The number of amides is 2. The minimum absolute atomic E-state index is 0.0924. The molecule has 2 saturated carbocycles. The molecule has 0 radical (unpaired) electrons. The van der Waals surface area contributed by atoms with Crippen molar-refractivity contribution >= 4 is 23.0 Å². The Morgan fingerprint density at radius 1 is 1.11 bits per heavy atom. The smallest absolute Gasteiger partial charge is 0.244 e. The first-order valence-electron chi connectivity index (χ1n) is 13.9. The van der Waals surface area contributed by atoms with Gasteiger partial charge in [0.2, 0.25) is 11.8 Å². The molecular formula is C30H35N5O2. The van der Waals surface area contributed by atoms with Crippen LogP contribution in [0.2, 0.25) is 0 Å². The van der Waals surface area contributed by atoms with Gasteiger partial charge in [-0.15, -0.1) is 0 Å².